The van der Waals surface area contributed by atoms with E-state index < -0.39 is 0 Å². The molecule has 72 valence electrons. The second kappa shape index (κ2) is 4.66. The first-order chi connectivity index (χ1) is 6.24. The van der Waals surface area contributed by atoms with Gasteiger partial charge in [0.2, 0.25) is 0 Å². The maximum absolute atomic E-state index is 5.56. The molecule has 0 saturated carbocycles. The number of hydrogen-bond acceptors (Lipinski definition) is 3. The van der Waals surface area contributed by atoms with Crippen molar-refractivity contribution < 1.29 is 9.47 Å². The molecule has 1 rings (SSSR count). The van der Waals surface area contributed by atoms with Gasteiger partial charge in [-0.05, 0) is 34.2 Å². The fraction of sp³-hybridized carbons (Fsp3) is 0.333. The predicted octanol–water partition coefficient (Wildman–Crippen LogP) is 1.77. The van der Waals surface area contributed by atoms with Gasteiger partial charge in [0.05, 0.1) is 17.8 Å². The summed E-state index contributed by atoms with van der Waals surface area (Å²) in [6, 6.07) is 3.81. The lowest BCUT2D eigenvalue weighted by atomic mass is 10.2. The Bertz CT molecular complexity index is 302. The normalized spacial score (nSPS) is 9.85. The summed E-state index contributed by atoms with van der Waals surface area (Å²) in [5.74, 6) is 1.50. The lowest BCUT2D eigenvalue weighted by Gasteiger charge is -2.11. The molecule has 0 spiro atoms. The Kier molecular flexibility index (Phi) is 3.80. The van der Waals surface area contributed by atoms with Gasteiger partial charge in [0, 0.05) is 6.54 Å². The van der Waals surface area contributed by atoms with Crippen molar-refractivity contribution in [3.05, 3.63) is 21.3 Å². The maximum Gasteiger partial charge on any atom is 0.174 e. The van der Waals surface area contributed by atoms with Gasteiger partial charge >= 0.3 is 0 Å². The molecular weight excluding hydrogens is 281 g/mol. The summed E-state index contributed by atoms with van der Waals surface area (Å²) in [5, 5.41) is 0. The van der Waals surface area contributed by atoms with Crippen molar-refractivity contribution in [3.63, 3.8) is 0 Å². The summed E-state index contributed by atoms with van der Waals surface area (Å²) >= 11 is 2.20. The van der Waals surface area contributed by atoms with E-state index >= 15 is 0 Å². The highest BCUT2D eigenvalue weighted by Crippen LogP contribution is 2.34. The fourth-order valence-electron chi connectivity index (χ4n) is 1.09. The number of ether oxygens (including phenoxy) is 2. The van der Waals surface area contributed by atoms with E-state index in [1.807, 2.05) is 12.1 Å². The monoisotopic (exact) mass is 293 g/mol. The third-order valence-corrected chi connectivity index (χ3v) is 2.97. The maximum atomic E-state index is 5.56. The van der Waals surface area contributed by atoms with E-state index in [0.717, 1.165) is 20.6 Å². The first-order valence-electron chi connectivity index (χ1n) is 3.84. The third kappa shape index (κ3) is 2.05. The summed E-state index contributed by atoms with van der Waals surface area (Å²) in [6.07, 6.45) is 0. The molecule has 2 N–H and O–H groups in total. The Morgan fingerprint density at radius 2 is 2.00 bits per heavy atom. The van der Waals surface area contributed by atoms with E-state index in [1.165, 1.54) is 0 Å². The Morgan fingerprint density at radius 3 is 2.46 bits per heavy atom. The molecule has 0 bridgehead atoms. The van der Waals surface area contributed by atoms with E-state index in [-0.39, 0.29) is 0 Å². The van der Waals surface area contributed by atoms with Crippen LogP contribution in [0.25, 0.3) is 0 Å². The highest BCUT2D eigenvalue weighted by molar-refractivity contribution is 14.1. The van der Waals surface area contributed by atoms with E-state index in [4.69, 9.17) is 15.2 Å². The van der Waals surface area contributed by atoms with Crippen LogP contribution in [0.1, 0.15) is 5.56 Å². The zero-order chi connectivity index (χ0) is 9.84. The van der Waals surface area contributed by atoms with Gasteiger partial charge in [-0.3, -0.25) is 0 Å². The highest BCUT2D eigenvalue weighted by Gasteiger charge is 2.10. The van der Waals surface area contributed by atoms with Crippen molar-refractivity contribution in [2.24, 2.45) is 5.73 Å². The lowest BCUT2D eigenvalue weighted by molar-refractivity contribution is 0.352. The second-order valence-electron chi connectivity index (χ2n) is 2.48. The number of nitrogens with two attached hydrogens (primary N) is 1. The number of halogens is 1. The van der Waals surface area contributed by atoms with Crippen LogP contribution in [-0.4, -0.2) is 14.2 Å². The minimum atomic E-state index is 0.513. The molecule has 0 radical (unpaired) electrons. The topological polar surface area (TPSA) is 44.5 Å². The van der Waals surface area contributed by atoms with E-state index in [9.17, 15) is 0 Å². The number of methoxy groups -OCH3 is 2. The second-order valence-corrected chi connectivity index (χ2v) is 3.56. The summed E-state index contributed by atoms with van der Waals surface area (Å²) in [4.78, 5) is 0. The average Bonchev–Trinajstić information content (AvgIpc) is 2.17. The average molecular weight is 293 g/mol. The van der Waals surface area contributed by atoms with Gasteiger partial charge in [0.15, 0.2) is 11.5 Å². The molecule has 0 unspecified atom stereocenters. The smallest absolute Gasteiger partial charge is 0.174 e. The summed E-state index contributed by atoms with van der Waals surface area (Å²) in [6.45, 7) is 0.513. The molecule has 4 heteroatoms. The first-order valence-corrected chi connectivity index (χ1v) is 4.91. The van der Waals surface area contributed by atoms with Crippen molar-refractivity contribution in [2.75, 3.05) is 14.2 Å². The predicted molar refractivity (Wildman–Crippen MR) is 60.2 cm³/mol. The van der Waals surface area contributed by atoms with Gasteiger partial charge in [-0.15, -0.1) is 0 Å². The van der Waals surface area contributed by atoms with Crippen LogP contribution < -0.4 is 15.2 Å². The number of hydrogen-bond donors (Lipinski definition) is 1. The molecule has 0 aliphatic heterocycles. The van der Waals surface area contributed by atoms with Crippen molar-refractivity contribution >= 4 is 22.6 Å². The van der Waals surface area contributed by atoms with Crippen molar-refractivity contribution in [2.45, 2.75) is 6.54 Å². The molecule has 0 aromatic heterocycles. The third-order valence-electron chi connectivity index (χ3n) is 1.78. The number of benzene rings is 1. The minimum Gasteiger partial charge on any atom is -0.493 e. The Labute approximate surface area is 91.4 Å². The van der Waals surface area contributed by atoms with Crippen molar-refractivity contribution in [1.82, 2.24) is 0 Å². The van der Waals surface area contributed by atoms with Gasteiger partial charge in [-0.2, -0.15) is 0 Å². The van der Waals surface area contributed by atoms with Crippen LogP contribution in [0.2, 0.25) is 0 Å². The molecule has 13 heavy (non-hydrogen) atoms. The molecule has 0 amide bonds. The summed E-state index contributed by atoms with van der Waals surface area (Å²) < 4.78 is 11.4. The molecule has 0 saturated heterocycles. The molecular formula is C9H12INO2. The van der Waals surface area contributed by atoms with Crippen LogP contribution in [0, 0.1) is 3.57 Å². The number of rotatable bonds is 3. The zero-order valence-electron chi connectivity index (χ0n) is 7.63. The lowest BCUT2D eigenvalue weighted by Crippen LogP contribution is -2.02. The molecule has 0 aliphatic carbocycles. The van der Waals surface area contributed by atoms with Crippen molar-refractivity contribution in [1.29, 1.82) is 0 Å². The zero-order valence-corrected chi connectivity index (χ0v) is 9.79. The Balaban J connectivity index is 3.23. The molecule has 1 aromatic rings. The van der Waals surface area contributed by atoms with E-state index in [1.54, 1.807) is 14.2 Å². The van der Waals surface area contributed by atoms with Gasteiger partial charge in [0.25, 0.3) is 0 Å². The summed E-state index contributed by atoms with van der Waals surface area (Å²) in [7, 11) is 3.25. The standard InChI is InChI=1S/C9H12INO2/c1-12-7-4-3-6(5-11)8(10)9(7)13-2/h3-4H,5,11H2,1-2H3. The molecule has 1 aromatic carbocycles. The first kappa shape index (κ1) is 10.6. The Morgan fingerprint density at radius 1 is 1.31 bits per heavy atom. The highest BCUT2D eigenvalue weighted by atomic mass is 127. The van der Waals surface area contributed by atoms with Gasteiger partial charge < -0.3 is 15.2 Å². The van der Waals surface area contributed by atoms with Crippen LogP contribution in [0.15, 0.2) is 12.1 Å². The molecule has 0 heterocycles. The fourth-order valence-corrected chi connectivity index (χ4v) is 1.97. The summed E-state index contributed by atoms with van der Waals surface area (Å²) in [5.41, 5.74) is 6.63. The molecule has 0 fully saturated rings. The van der Waals surface area contributed by atoms with Gasteiger partial charge in [-0.1, -0.05) is 6.07 Å². The van der Waals surface area contributed by atoms with Crippen LogP contribution in [0.3, 0.4) is 0 Å². The molecule has 3 nitrogen and oxygen atoms in total. The minimum absolute atomic E-state index is 0.513. The van der Waals surface area contributed by atoms with Crippen LogP contribution in [-0.2, 0) is 6.54 Å². The van der Waals surface area contributed by atoms with Gasteiger partial charge in [0.1, 0.15) is 0 Å². The van der Waals surface area contributed by atoms with Crippen LogP contribution >= 0.6 is 22.6 Å². The van der Waals surface area contributed by atoms with Crippen molar-refractivity contribution in [3.8, 4) is 11.5 Å². The van der Waals surface area contributed by atoms with Crippen LogP contribution in [0.4, 0.5) is 0 Å². The Hall–Kier alpha value is -0.490. The van der Waals surface area contributed by atoms with Crippen LogP contribution in [0.5, 0.6) is 11.5 Å². The quantitative estimate of drug-likeness (QED) is 0.864. The largest absolute Gasteiger partial charge is 0.493 e. The molecule has 0 aliphatic rings. The molecule has 0 atom stereocenters. The van der Waals surface area contributed by atoms with E-state index in [0.29, 0.717) is 6.54 Å². The van der Waals surface area contributed by atoms with E-state index in [2.05, 4.69) is 22.6 Å². The van der Waals surface area contributed by atoms with Gasteiger partial charge in [-0.25, -0.2) is 0 Å². The SMILES string of the molecule is COc1ccc(CN)c(I)c1OC.